The zero-order chi connectivity index (χ0) is 12.3. The van der Waals surface area contributed by atoms with E-state index >= 15 is 0 Å². The number of hydrogen-bond acceptors (Lipinski definition) is 4. The highest BCUT2D eigenvalue weighted by molar-refractivity contribution is 7.09. The number of hydrogen-bond donors (Lipinski definition) is 0. The summed E-state index contributed by atoms with van der Waals surface area (Å²) in [4.78, 5) is 15.4. The molecule has 0 amide bonds. The van der Waals surface area contributed by atoms with E-state index < -0.39 is 11.8 Å². The summed E-state index contributed by atoms with van der Waals surface area (Å²) in [6.07, 6.45) is 2.21. The Morgan fingerprint density at radius 1 is 1.47 bits per heavy atom. The lowest BCUT2D eigenvalue weighted by Gasteiger charge is -2.03. The van der Waals surface area contributed by atoms with Crippen molar-refractivity contribution in [3.63, 3.8) is 0 Å². The summed E-state index contributed by atoms with van der Waals surface area (Å²) in [5.41, 5.74) is 0.930. The number of methoxy groups -OCH3 is 1. The minimum Gasteiger partial charge on any atom is -0.465 e. The molecule has 0 aliphatic carbocycles. The SMILES string of the molecule is COC(=O)c1cc(F)cc(Cc2nccs2)c1. The van der Waals surface area contributed by atoms with E-state index in [0.717, 1.165) is 11.1 Å². The summed E-state index contributed by atoms with van der Waals surface area (Å²) in [6, 6.07) is 4.18. The normalized spacial score (nSPS) is 10.2. The Balaban J connectivity index is 2.28. The molecule has 17 heavy (non-hydrogen) atoms. The molecule has 0 bridgehead atoms. The summed E-state index contributed by atoms with van der Waals surface area (Å²) >= 11 is 1.49. The van der Waals surface area contributed by atoms with Crippen molar-refractivity contribution in [1.29, 1.82) is 0 Å². The van der Waals surface area contributed by atoms with Gasteiger partial charge in [-0.1, -0.05) is 0 Å². The van der Waals surface area contributed by atoms with Gasteiger partial charge >= 0.3 is 5.97 Å². The molecule has 0 saturated heterocycles. The molecule has 0 spiro atoms. The fourth-order valence-corrected chi connectivity index (χ4v) is 2.15. The first-order valence-electron chi connectivity index (χ1n) is 4.95. The number of thiazole rings is 1. The van der Waals surface area contributed by atoms with Gasteiger partial charge in [-0.2, -0.15) is 0 Å². The molecule has 0 unspecified atom stereocenters. The fourth-order valence-electron chi connectivity index (χ4n) is 1.50. The van der Waals surface area contributed by atoms with E-state index in [0.29, 0.717) is 12.0 Å². The molecule has 0 fully saturated rings. The van der Waals surface area contributed by atoms with Gasteiger partial charge in [0.1, 0.15) is 5.82 Å². The Kier molecular flexibility index (Phi) is 3.49. The molecule has 1 aromatic heterocycles. The lowest BCUT2D eigenvalue weighted by molar-refractivity contribution is 0.0600. The molecule has 1 aromatic carbocycles. The molecule has 3 nitrogen and oxygen atoms in total. The molecule has 2 aromatic rings. The summed E-state index contributed by atoms with van der Waals surface area (Å²) in [5, 5.41) is 2.74. The molecule has 0 aliphatic rings. The number of aromatic nitrogens is 1. The average Bonchev–Trinajstić information content (AvgIpc) is 2.80. The summed E-state index contributed by atoms with van der Waals surface area (Å²) < 4.78 is 17.9. The standard InChI is InChI=1S/C12H10FNO2S/c1-16-12(15)9-4-8(5-10(13)7-9)6-11-14-2-3-17-11/h2-5,7H,6H2,1H3. The van der Waals surface area contributed by atoms with Crippen LogP contribution in [0.3, 0.4) is 0 Å². The van der Waals surface area contributed by atoms with Gasteiger partial charge in [0, 0.05) is 18.0 Å². The number of halogens is 1. The van der Waals surface area contributed by atoms with Crippen LogP contribution in [-0.4, -0.2) is 18.1 Å². The van der Waals surface area contributed by atoms with Crippen molar-refractivity contribution in [2.45, 2.75) is 6.42 Å². The van der Waals surface area contributed by atoms with Crippen molar-refractivity contribution < 1.29 is 13.9 Å². The molecule has 0 N–H and O–H groups in total. The Morgan fingerprint density at radius 2 is 2.29 bits per heavy atom. The van der Waals surface area contributed by atoms with E-state index in [4.69, 9.17) is 0 Å². The van der Waals surface area contributed by atoms with Gasteiger partial charge in [-0.05, 0) is 23.8 Å². The quantitative estimate of drug-likeness (QED) is 0.787. The molecule has 5 heteroatoms. The van der Waals surface area contributed by atoms with Crippen LogP contribution in [0, 0.1) is 5.82 Å². The van der Waals surface area contributed by atoms with Gasteiger partial charge in [0.25, 0.3) is 0 Å². The van der Waals surface area contributed by atoms with Crippen molar-refractivity contribution in [3.05, 3.63) is 51.7 Å². The van der Waals surface area contributed by atoms with Crippen LogP contribution in [0.15, 0.2) is 29.8 Å². The lowest BCUT2D eigenvalue weighted by atomic mass is 10.1. The number of esters is 1. The maximum atomic E-state index is 13.3. The Bertz CT molecular complexity index is 525. The van der Waals surface area contributed by atoms with Crippen LogP contribution in [-0.2, 0) is 11.2 Å². The van der Waals surface area contributed by atoms with Gasteiger partial charge in [-0.15, -0.1) is 11.3 Å². The molecule has 0 saturated carbocycles. The maximum absolute atomic E-state index is 13.3. The predicted molar refractivity (Wildman–Crippen MR) is 62.7 cm³/mol. The van der Waals surface area contributed by atoms with Gasteiger partial charge in [-0.25, -0.2) is 14.2 Å². The zero-order valence-corrected chi connectivity index (χ0v) is 9.96. The second-order valence-electron chi connectivity index (χ2n) is 3.44. The smallest absolute Gasteiger partial charge is 0.337 e. The van der Waals surface area contributed by atoms with E-state index in [9.17, 15) is 9.18 Å². The van der Waals surface area contributed by atoms with Crippen molar-refractivity contribution in [1.82, 2.24) is 4.98 Å². The minimum absolute atomic E-state index is 0.221. The monoisotopic (exact) mass is 251 g/mol. The van der Waals surface area contributed by atoms with Crippen molar-refractivity contribution in [3.8, 4) is 0 Å². The first-order chi connectivity index (χ1) is 8.19. The third-order valence-electron chi connectivity index (χ3n) is 2.22. The number of ether oxygens (including phenoxy) is 1. The number of benzene rings is 1. The van der Waals surface area contributed by atoms with Crippen molar-refractivity contribution in [2.24, 2.45) is 0 Å². The van der Waals surface area contributed by atoms with Crippen LogP contribution in [0.4, 0.5) is 4.39 Å². The van der Waals surface area contributed by atoms with E-state index in [-0.39, 0.29) is 5.56 Å². The molecule has 88 valence electrons. The van der Waals surface area contributed by atoms with Crippen LogP contribution < -0.4 is 0 Å². The minimum atomic E-state index is -0.537. The van der Waals surface area contributed by atoms with Crippen LogP contribution in [0.5, 0.6) is 0 Å². The molecule has 0 atom stereocenters. The summed E-state index contributed by atoms with van der Waals surface area (Å²) in [6.45, 7) is 0. The third kappa shape index (κ3) is 2.88. The molecule has 1 heterocycles. The van der Waals surface area contributed by atoms with Crippen molar-refractivity contribution in [2.75, 3.05) is 7.11 Å². The number of nitrogens with zero attached hydrogens (tertiary/aromatic N) is 1. The first-order valence-corrected chi connectivity index (χ1v) is 5.83. The van der Waals surface area contributed by atoms with Crippen LogP contribution in [0.1, 0.15) is 20.9 Å². The van der Waals surface area contributed by atoms with Gasteiger partial charge in [0.15, 0.2) is 0 Å². The zero-order valence-electron chi connectivity index (χ0n) is 9.14. The third-order valence-corrected chi connectivity index (χ3v) is 3.00. The molecule has 0 radical (unpaired) electrons. The van der Waals surface area contributed by atoms with E-state index in [1.54, 1.807) is 12.3 Å². The second kappa shape index (κ2) is 5.05. The average molecular weight is 251 g/mol. The topological polar surface area (TPSA) is 39.2 Å². The van der Waals surface area contributed by atoms with Gasteiger partial charge in [-0.3, -0.25) is 0 Å². The van der Waals surface area contributed by atoms with Crippen LogP contribution in [0.2, 0.25) is 0 Å². The summed E-state index contributed by atoms with van der Waals surface area (Å²) in [7, 11) is 1.27. The lowest BCUT2D eigenvalue weighted by Crippen LogP contribution is -2.03. The maximum Gasteiger partial charge on any atom is 0.337 e. The highest BCUT2D eigenvalue weighted by Crippen LogP contribution is 2.16. The fraction of sp³-hybridized carbons (Fsp3) is 0.167. The molecule has 2 rings (SSSR count). The molecular weight excluding hydrogens is 241 g/mol. The Labute approximate surface area is 102 Å². The number of carbonyl (C=O) groups is 1. The van der Waals surface area contributed by atoms with E-state index in [1.165, 1.54) is 24.5 Å². The van der Waals surface area contributed by atoms with Crippen LogP contribution >= 0.6 is 11.3 Å². The summed E-state index contributed by atoms with van der Waals surface area (Å²) in [5.74, 6) is -0.982. The van der Waals surface area contributed by atoms with E-state index in [2.05, 4.69) is 9.72 Å². The van der Waals surface area contributed by atoms with Gasteiger partial charge in [0.2, 0.25) is 0 Å². The molecule has 0 aliphatic heterocycles. The molecular formula is C12H10FNO2S. The number of carbonyl (C=O) groups excluding carboxylic acids is 1. The predicted octanol–water partition coefficient (Wildman–Crippen LogP) is 2.66. The Morgan fingerprint density at radius 3 is 2.94 bits per heavy atom. The second-order valence-corrected chi connectivity index (χ2v) is 4.42. The largest absolute Gasteiger partial charge is 0.465 e. The number of rotatable bonds is 3. The highest BCUT2D eigenvalue weighted by atomic mass is 32.1. The van der Waals surface area contributed by atoms with Gasteiger partial charge in [0.05, 0.1) is 17.7 Å². The Hall–Kier alpha value is -1.75. The van der Waals surface area contributed by atoms with Crippen LogP contribution in [0.25, 0.3) is 0 Å². The first kappa shape index (κ1) is 11.7. The van der Waals surface area contributed by atoms with Gasteiger partial charge < -0.3 is 4.74 Å². The highest BCUT2D eigenvalue weighted by Gasteiger charge is 2.09. The van der Waals surface area contributed by atoms with Crippen molar-refractivity contribution >= 4 is 17.3 Å². The van der Waals surface area contributed by atoms with E-state index in [1.807, 2.05) is 5.38 Å².